The zero-order valence-corrected chi connectivity index (χ0v) is 8.31. The smallest absolute Gasteiger partial charge is 0.328 e. The van der Waals surface area contributed by atoms with E-state index >= 15 is 0 Å². The summed E-state index contributed by atoms with van der Waals surface area (Å²) in [5, 5.41) is 8.52. The van der Waals surface area contributed by atoms with Crippen LogP contribution in [0.1, 0.15) is 5.56 Å². The molecule has 0 spiro atoms. The molecule has 5 heteroatoms. The molecule has 0 unspecified atom stereocenters. The highest BCUT2D eigenvalue weighted by Gasteiger charge is 2.05. The minimum Gasteiger partial charge on any atom is -0.478 e. The fraction of sp³-hybridized carbons (Fsp3) is 0. The highest BCUT2D eigenvalue weighted by molar-refractivity contribution is 6.37. The van der Waals surface area contributed by atoms with Crippen LogP contribution in [0.5, 0.6) is 0 Å². The van der Waals surface area contributed by atoms with Crippen LogP contribution < -0.4 is 0 Å². The summed E-state index contributed by atoms with van der Waals surface area (Å²) in [6.07, 6.45) is 2.09. The molecule has 0 saturated carbocycles. The maximum atomic E-state index is 12.7. The minimum atomic E-state index is -1.12. The third kappa shape index (κ3) is 2.72. The summed E-state index contributed by atoms with van der Waals surface area (Å²) < 4.78 is 12.7. The molecule has 0 aliphatic carbocycles. The van der Waals surface area contributed by atoms with Crippen LogP contribution in [-0.4, -0.2) is 11.1 Å². The first-order chi connectivity index (χ1) is 6.50. The quantitative estimate of drug-likeness (QED) is 0.799. The van der Waals surface area contributed by atoms with E-state index in [1.807, 2.05) is 0 Å². The lowest BCUT2D eigenvalue weighted by Gasteiger charge is -2.01. The molecule has 0 saturated heterocycles. The van der Waals surface area contributed by atoms with E-state index in [9.17, 15) is 9.18 Å². The van der Waals surface area contributed by atoms with Crippen molar-refractivity contribution in [3.8, 4) is 0 Å². The molecule has 0 aliphatic heterocycles. The van der Waals surface area contributed by atoms with Crippen molar-refractivity contribution < 1.29 is 14.3 Å². The van der Waals surface area contributed by atoms with Gasteiger partial charge in [-0.2, -0.15) is 0 Å². The first-order valence-electron chi connectivity index (χ1n) is 3.56. The second-order valence-corrected chi connectivity index (χ2v) is 3.27. The molecule has 0 aliphatic rings. The lowest BCUT2D eigenvalue weighted by atomic mass is 10.2. The number of carboxylic acids is 1. The normalized spacial score (nSPS) is 10.8. The molecule has 0 aromatic heterocycles. The Morgan fingerprint density at radius 2 is 1.86 bits per heavy atom. The molecule has 1 aromatic rings. The Hall–Kier alpha value is -1.06. The van der Waals surface area contributed by atoms with Crippen LogP contribution in [0.2, 0.25) is 10.0 Å². The van der Waals surface area contributed by atoms with Gasteiger partial charge < -0.3 is 5.11 Å². The number of halogens is 3. The van der Waals surface area contributed by atoms with E-state index in [0.717, 1.165) is 18.2 Å². The van der Waals surface area contributed by atoms with Gasteiger partial charge in [-0.05, 0) is 18.2 Å². The van der Waals surface area contributed by atoms with Crippen LogP contribution in [-0.2, 0) is 4.79 Å². The number of hydrogen-bond acceptors (Lipinski definition) is 1. The van der Waals surface area contributed by atoms with Gasteiger partial charge in [0.15, 0.2) is 0 Å². The number of benzene rings is 1. The summed E-state index contributed by atoms with van der Waals surface area (Å²) in [6, 6.07) is 2.13. The van der Waals surface area contributed by atoms with Gasteiger partial charge in [0.05, 0.1) is 10.0 Å². The first-order valence-corrected chi connectivity index (χ1v) is 4.32. The van der Waals surface area contributed by atoms with E-state index in [2.05, 4.69) is 0 Å². The molecule has 74 valence electrons. The fourth-order valence-corrected chi connectivity index (χ4v) is 1.45. The van der Waals surface area contributed by atoms with Crippen LogP contribution in [0, 0.1) is 5.82 Å². The maximum absolute atomic E-state index is 12.7. The number of hydrogen-bond donors (Lipinski definition) is 1. The van der Waals surface area contributed by atoms with Gasteiger partial charge in [-0.3, -0.25) is 0 Å². The molecule has 0 bridgehead atoms. The molecule has 0 amide bonds. The van der Waals surface area contributed by atoms with Crippen molar-refractivity contribution in [2.24, 2.45) is 0 Å². The van der Waals surface area contributed by atoms with Crippen molar-refractivity contribution in [3.63, 3.8) is 0 Å². The summed E-state index contributed by atoms with van der Waals surface area (Å²) in [6.45, 7) is 0. The van der Waals surface area contributed by atoms with Gasteiger partial charge in [0, 0.05) is 11.6 Å². The molecular formula is C9H5Cl2FO2. The molecule has 0 atom stereocenters. The predicted molar refractivity (Wildman–Crippen MR) is 53.1 cm³/mol. The monoisotopic (exact) mass is 234 g/mol. The summed E-state index contributed by atoms with van der Waals surface area (Å²) in [5.74, 6) is -1.69. The molecule has 0 heterocycles. The average Bonchev–Trinajstić information content (AvgIpc) is 2.01. The summed E-state index contributed by atoms with van der Waals surface area (Å²) in [5.41, 5.74) is 0.289. The van der Waals surface area contributed by atoms with Crippen molar-refractivity contribution in [2.75, 3.05) is 0 Å². The molecule has 1 N–H and O–H groups in total. The number of carbonyl (C=O) groups is 1. The topological polar surface area (TPSA) is 37.3 Å². The highest BCUT2D eigenvalue weighted by atomic mass is 35.5. The summed E-state index contributed by atoms with van der Waals surface area (Å²) in [4.78, 5) is 10.2. The van der Waals surface area contributed by atoms with Crippen LogP contribution in [0.15, 0.2) is 18.2 Å². The van der Waals surface area contributed by atoms with Crippen molar-refractivity contribution >= 4 is 35.2 Å². The van der Waals surface area contributed by atoms with Gasteiger partial charge in [0.2, 0.25) is 0 Å². The van der Waals surface area contributed by atoms with E-state index in [1.165, 1.54) is 6.08 Å². The Balaban J connectivity index is 3.15. The summed E-state index contributed by atoms with van der Waals surface area (Å²) >= 11 is 11.3. The zero-order chi connectivity index (χ0) is 10.7. The van der Waals surface area contributed by atoms with Crippen molar-refractivity contribution in [1.29, 1.82) is 0 Å². The summed E-state index contributed by atoms with van der Waals surface area (Å²) in [7, 11) is 0. The lowest BCUT2D eigenvalue weighted by Crippen LogP contribution is -1.87. The van der Waals surface area contributed by atoms with E-state index in [4.69, 9.17) is 28.3 Å². The fourth-order valence-electron chi connectivity index (χ4n) is 0.867. The SMILES string of the molecule is O=C(O)C=Cc1c(Cl)cc(F)cc1Cl. The Bertz CT molecular complexity index is 379. The van der Waals surface area contributed by atoms with E-state index in [0.29, 0.717) is 0 Å². The van der Waals surface area contributed by atoms with Crippen LogP contribution in [0.4, 0.5) is 4.39 Å². The Kier molecular flexibility index (Phi) is 3.49. The number of carboxylic acid groups (broad SMARTS) is 1. The van der Waals surface area contributed by atoms with E-state index in [1.54, 1.807) is 0 Å². The molecule has 1 rings (SSSR count). The van der Waals surface area contributed by atoms with Gasteiger partial charge in [-0.25, -0.2) is 9.18 Å². The van der Waals surface area contributed by atoms with Gasteiger partial charge in [0.1, 0.15) is 5.82 Å². The van der Waals surface area contributed by atoms with E-state index < -0.39 is 11.8 Å². The van der Waals surface area contributed by atoms with E-state index in [-0.39, 0.29) is 15.6 Å². The number of rotatable bonds is 2. The minimum absolute atomic E-state index is 0.0764. The zero-order valence-electron chi connectivity index (χ0n) is 6.80. The van der Waals surface area contributed by atoms with Crippen molar-refractivity contribution in [2.45, 2.75) is 0 Å². The lowest BCUT2D eigenvalue weighted by molar-refractivity contribution is -0.131. The molecule has 0 fully saturated rings. The second-order valence-electron chi connectivity index (χ2n) is 2.45. The van der Waals surface area contributed by atoms with Crippen molar-refractivity contribution in [3.05, 3.63) is 39.6 Å². The Morgan fingerprint density at radius 3 is 2.29 bits per heavy atom. The average molecular weight is 235 g/mol. The molecule has 2 nitrogen and oxygen atoms in total. The van der Waals surface area contributed by atoms with Crippen molar-refractivity contribution in [1.82, 2.24) is 0 Å². The molecular weight excluding hydrogens is 230 g/mol. The standard InChI is InChI=1S/C9H5Cl2FO2/c10-7-3-5(12)4-8(11)6(7)1-2-9(13)14/h1-4H,(H,13,14). The molecule has 1 aromatic carbocycles. The predicted octanol–water partition coefficient (Wildman–Crippen LogP) is 3.23. The van der Waals surface area contributed by atoms with Crippen LogP contribution in [0.3, 0.4) is 0 Å². The number of aliphatic carboxylic acids is 1. The van der Waals surface area contributed by atoms with Gasteiger partial charge in [0.25, 0.3) is 0 Å². The van der Waals surface area contributed by atoms with Gasteiger partial charge in [-0.1, -0.05) is 23.2 Å². The van der Waals surface area contributed by atoms with Crippen LogP contribution in [0.25, 0.3) is 6.08 Å². The largest absolute Gasteiger partial charge is 0.478 e. The molecule has 0 radical (unpaired) electrons. The van der Waals surface area contributed by atoms with Crippen LogP contribution >= 0.6 is 23.2 Å². The van der Waals surface area contributed by atoms with Gasteiger partial charge in [-0.15, -0.1) is 0 Å². The van der Waals surface area contributed by atoms with Gasteiger partial charge >= 0.3 is 5.97 Å². The highest BCUT2D eigenvalue weighted by Crippen LogP contribution is 2.27. The second kappa shape index (κ2) is 4.44. The third-order valence-electron chi connectivity index (χ3n) is 1.44. The Labute approximate surface area is 89.6 Å². The maximum Gasteiger partial charge on any atom is 0.328 e. The molecule has 14 heavy (non-hydrogen) atoms. The first kappa shape index (κ1) is 11.0. The Morgan fingerprint density at radius 1 is 1.36 bits per heavy atom. The third-order valence-corrected chi connectivity index (χ3v) is 2.06.